The van der Waals surface area contributed by atoms with Gasteiger partial charge < -0.3 is 15.5 Å². The molecule has 0 spiro atoms. The zero-order valence-electron chi connectivity index (χ0n) is 9.75. The van der Waals surface area contributed by atoms with Crippen molar-refractivity contribution in [2.24, 2.45) is 0 Å². The third kappa shape index (κ3) is 5.03. The predicted molar refractivity (Wildman–Crippen MR) is 69.7 cm³/mol. The molecule has 1 rings (SSSR count). The first-order valence-electron chi connectivity index (χ1n) is 5.14. The maximum Gasteiger partial charge on any atom is 0.328 e. The third-order valence-electron chi connectivity index (χ3n) is 1.97. The van der Waals surface area contributed by atoms with Crippen molar-refractivity contribution in [3.8, 4) is 0 Å². The Labute approximate surface area is 112 Å². The minimum Gasteiger partial charge on any atom is -0.480 e. The van der Waals surface area contributed by atoms with Gasteiger partial charge in [0.2, 0.25) is 5.91 Å². The maximum atomic E-state index is 11.4. The Morgan fingerprint density at radius 1 is 1.61 bits per heavy atom. The molecule has 0 aliphatic heterocycles. The number of nitrogens with one attached hydrogen (secondary N) is 1. The number of aliphatic hydroxyl groups is 1. The summed E-state index contributed by atoms with van der Waals surface area (Å²) in [5.74, 6) is -0.908. The molecular weight excluding hydrogens is 276 g/mol. The van der Waals surface area contributed by atoms with E-state index in [4.69, 9.17) is 10.2 Å². The molecule has 0 radical (unpaired) electrons. The highest BCUT2D eigenvalue weighted by Crippen LogP contribution is 2.14. The smallest absolute Gasteiger partial charge is 0.328 e. The monoisotopic (exact) mass is 290 g/mol. The highest BCUT2D eigenvalue weighted by molar-refractivity contribution is 7.99. The van der Waals surface area contributed by atoms with Crippen molar-refractivity contribution in [1.29, 1.82) is 0 Å². The number of aliphatic carboxylic acids is 1. The fourth-order valence-corrected chi connectivity index (χ4v) is 2.59. The molecule has 100 valence electrons. The van der Waals surface area contributed by atoms with Crippen LogP contribution in [0, 0.1) is 6.92 Å². The molecule has 0 saturated heterocycles. The molecule has 0 bridgehead atoms. The van der Waals surface area contributed by atoms with Crippen molar-refractivity contribution in [3.63, 3.8) is 0 Å². The van der Waals surface area contributed by atoms with E-state index in [1.807, 2.05) is 12.3 Å². The highest BCUT2D eigenvalue weighted by atomic mass is 32.2. The van der Waals surface area contributed by atoms with Crippen molar-refractivity contribution in [3.05, 3.63) is 16.1 Å². The van der Waals surface area contributed by atoms with Gasteiger partial charge in [-0.1, -0.05) is 0 Å². The van der Waals surface area contributed by atoms with Crippen molar-refractivity contribution >= 4 is 35.0 Å². The number of aryl methyl sites for hydroxylation is 1. The lowest BCUT2D eigenvalue weighted by Crippen LogP contribution is -2.44. The van der Waals surface area contributed by atoms with E-state index in [0.717, 1.165) is 10.7 Å². The van der Waals surface area contributed by atoms with Gasteiger partial charge >= 0.3 is 5.97 Å². The zero-order chi connectivity index (χ0) is 13.5. The van der Waals surface area contributed by atoms with Crippen molar-refractivity contribution in [2.75, 3.05) is 12.4 Å². The molecule has 1 atom stereocenters. The largest absolute Gasteiger partial charge is 0.480 e. The summed E-state index contributed by atoms with van der Waals surface area (Å²) >= 11 is 2.90. The number of nitrogens with zero attached hydrogens (tertiary/aromatic N) is 1. The lowest BCUT2D eigenvalue weighted by molar-refractivity contribution is -0.142. The number of carbonyl (C=O) groups excluding carboxylic acids is 1. The number of thioether (sulfide) groups is 1. The average Bonchev–Trinajstić information content (AvgIpc) is 2.71. The van der Waals surface area contributed by atoms with Crippen LogP contribution in [0.25, 0.3) is 0 Å². The molecule has 0 fully saturated rings. The summed E-state index contributed by atoms with van der Waals surface area (Å²) in [5.41, 5.74) is 0.909. The first-order chi connectivity index (χ1) is 8.52. The number of hydrogen-bond donors (Lipinski definition) is 3. The molecular formula is C10H14N2O4S2. The van der Waals surface area contributed by atoms with E-state index in [1.54, 1.807) is 11.3 Å². The van der Waals surface area contributed by atoms with Crippen LogP contribution in [0.5, 0.6) is 0 Å². The number of carboxylic acid groups (broad SMARTS) is 1. The van der Waals surface area contributed by atoms with Crippen molar-refractivity contribution in [1.82, 2.24) is 10.3 Å². The Bertz CT molecular complexity index is 422. The normalized spacial score (nSPS) is 12.1. The van der Waals surface area contributed by atoms with Crippen LogP contribution in [0.4, 0.5) is 0 Å². The van der Waals surface area contributed by atoms with E-state index in [0.29, 0.717) is 5.75 Å². The number of hydrogen-bond acceptors (Lipinski definition) is 6. The van der Waals surface area contributed by atoms with Gasteiger partial charge in [0.15, 0.2) is 0 Å². The molecule has 0 aliphatic rings. The fraction of sp³-hybridized carbons (Fsp3) is 0.500. The number of carboxylic acids is 1. The van der Waals surface area contributed by atoms with Crippen LogP contribution in [0.2, 0.25) is 0 Å². The summed E-state index contributed by atoms with van der Waals surface area (Å²) in [6, 6.07) is -1.24. The van der Waals surface area contributed by atoms with E-state index in [9.17, 15) is 9.59 Å². The molecule has 8 heteroatoms. The second-order valence-corrected chi connectivity index (χ2v) is 5.54. The Balaban J connectivity index is 2.26. The van der Waals surface area contributed by atoms with Gasteiger partial charge in [-0.25, -0.2) is 9.78 Å². The Morgan fingerprint density at radius 3 is 2.83 bits per heavy atom. The number of aromatic nitrogens is 1. The molecule has 1 aromatic heterocycles. The van der Waals surface area contributed by atoms with Gasteiger partial charge in [0.05, 0.1) is 23.1 Å². The quantitative estimate of drug-likeness (QED) is 0.665. The van der Waals surface area contributed by atoms with Crippen LogP contribution < -0.4 is 5.32 Å². The minimum absolute atomic E-state index is 0.139. The minimum atomic E-state index is -1.24. The lowest BCUT2D eigenvalue weighted by Gasteiger charge is -2.10. The predicted octanol–water partition coefficient (Wildman–Crippen LogP) is 0.246. The zero-order valence-corrected chi connectivity index (χ0v) is 11.4. The third-order valence-corrected chi connectivity index (χ3v) is 3.75. The van der Waals surface area contributed by atoms with E-state index < -0.39 is 24.5 Å². The van der Waals surface area contributed by atoms with Crippen LogP contribution in [0.1, 0.15) is 10.7 Å². The van der Waals surface area contributed by atoms with Gasteiger partial charge in [-0.3, -0.25) is 4.79 Å². The Kier molecular flexibility index (Phi) is 6.10. The van der Waals surface area contributed by atoms with Gasteiger partial charge in [-0.2, -0.15) is 0 Å². The fourth-order valence-electron chi connectivity index (χ4n) is 1.14. The first-order valence-corrected chi connectivity index (χ1v) is 7.18. The van der Waals surface area contributed by atoms with Crippen LogP contribution in [-0.2, 0) is 15.3 Å². The molecule has 0 aliphatic carbocycles. The SMILES string of the molecule is Cc1nc(CSCC(=O)NC(CO)C(=O)O)cs1. The van der Waals surface area contributed by atoms with E-state index in [1.165, 1.54) is 11.8 Å². The number of aliphatic hydroxyl groups excluding tert-OH is 1. The van der Waals surface area contributed by atoms with E-state index >= 15 is 0 Å². The van der Waals surface area contributed by atoms with Crippen molar-refractivity contribution in [2.45, 2.75) is 18.7 Å². The number of carbonyl (C=O) groups is 2. The van der Waals surface area contributed by atoms with Crippen LogP contribution in [-0.4, -0.2) is 45.5 Å². The summed E-state index contributed by atoms with van der Waals surface area (Å²) in [7, 11) is 0. The second-order valence-electron chi connectivity index (χ2n) is 3.49. The number of thiazole rings is 1. The second kappa shape index (κ2) is 7.34. The highest BCUT2D eigenvalue weighted by Gasteiger charge is 2.18. The summed E-state index contributed by atoms with van der Waals surface area (Å²) in [6.07, 6.45) is 0. The Hall–Kier alpha value is -1.12. The van der Waals surface area contributed by atoms with Crippen LogP contribution in [0.3, 0.4) is 0 Å². The molecule has 1 amide bonds. The van der Waals surface area contributed by atoms with Crippen molar-refractivity contribution < 1.29 is 19.8 Å². The summed E-state index contributed by atoms with van der Waals surface area (Å²) in [5, 5.41) is 22.5. The lowest BCUT2D eigenvalue weighted by atomic mass is 10.3. The average molecular weight is 290 g/mol. The van der Waals surface area contributed by atoms with Gasteiger partial charge in [-0.15, -0.1) is 23.1 Å². The Morgan fingerprint density at radius 2 is 2.33 bits per heavy atom. The number of rotatable bonds is 7. The van der Waals surface area contributed by atoms with Gasteiger partial charge in [-0.05, 0) is 6.92 Å². The molecule has 1 unspecified atom stereocenters. The molecule has 18 heavy (non-hydrogen) atoms. The van der Waals surface area contributed by atoms with Gasteiger partial charge in [0.1, 0.15) is 6.04 Å². The van der Waals surface area contributed by atoms with E-state index in [2.05, 4.69) is 10.3 Å². The molecule has 3 N–H and O–H groups in total. The summed E-state index contributed by atoms with van der Waals surface area (Å²) in [4.78, 5) is 26.2. The molecule has 1 heterocycles. The standard InChI is InChI=1S/C10H14N2O4S2/c1-6-11-7(4-18-6)3-17-5-9(14)12-8(2-13)10(15)16/h4,8,13H,2-3,5H2,1H3,(H,12,14)(H,15,16). The molecule has 0 saturated carbocycles. The summed E-state index contributed by atoms with van der Waals surface area (Å²) < 4.78 is 0. The van der Waals surface area contributed by atoms with Gasteiger partial charge in [0, 0.05) is 11.1 Å². The first kappa shape index (κ1) is 14.9. The number of amides is 1. The molecule has 1 aromatic rings. The maximum absolute atomic E-state index is 11.4. The molecule has 0 aromatic carbocycles. The van der Waals surface area contributed by atoms with E-state index in [-0.39, 0.29) is 5.75 Å². The van der Waals surface area contributed by atoms with Crippen LogP contribution >= 0.6 is 23.1 Å². The van der Waals surface area contributed by atoms with Crippen LogP contribution in [0.15, 0.2) is 5.38 Å². The summed E-state index contributed by atoms with van der Waals surface area (Å²) in [6.45, 7) is 1.29. The van der Waals surface area contributed by atoms with Gasteiger partial charge in [0.25, 0.3) is 0 Å². The topological polar surface area (TPSA) is 99.5 Å². The molecule has 6 nitrogen and oxygen atoms in total.